The van der Waals surface area contributed by atoms with Gasteiger partial charge in [0.05, 0.1) is 12.6 Å². The summed E-state index contributed by atoms with van der Waals surface area (Å²) in [5, 5.41) is 24.3. The number of carbonyl (C=O) groups is 2. The van der Waals surface area contributed by atoms with Crippen LogP contribution in [0.4, 0.5) is 0 Å². The Hall–Kier alpha value is -2.82. The van der Waals surface area contributed by atoms with Crippen molar-refractivity contribution in [3.8, 4) is 5.95 Å². The maximum absolute atomic E-state index is 13.2. The highest BCUT2D eigenvalue weighted by molar-refractivity contribution is 5.91. The van der Waals surface area contributed by atoms with E-state index in [0.717, 1.165) is 12.8 Å². The van der Waals surface area contributed by atoms with E-state index in [4.69, 9.17) is 0 Å². The zero-order valence-corrected chi connectivity index (χ0v) is 15.8. The number of carbonyl (C=O) groups excluding carboxylic acids is 2. The molecule has 2 aromatic heterocycles. The summed E-state index contributed by atoms with van der Waals surface area (Å²) in [6, 6.07) is -0.244. The quantitative estimate of drug-likeness (QED) is 0.729. The lowest BCUT2D eigenvalue weighted by molar-refractivity contribution is -0.138. The zero-order chi connectivity index (χ0) is 19.7. The molecule has 0 radical (unpaired) electrons. The summed E-state index contributed by atoms with van der Waals surface area (Å²) in [5.74, 6) is 0.195. The molecule has 0 aliphatic carbocycles. The van der Waals surface area contributed by atoms with E-state index in [1.165, 1.54) is 17.2 Å². The second-order valence-corrected chi connectivity index (χ2v) is 7.43. The number of H-pyrrole nitrogens is 1. The van der Waals surface area contributed by atoms with Crippen LogP contribution in [-0.2, 0) is 4.79 Å². The summed E-state index contributed by atoms with van der Waals surface area (Å²) in [7, 11) is 0. The molecule has 0 unspecified atom stereocenters. The SMILES string of the molecule is CCC(=O)N1CC[C@]2(CO)CCCN(C(=O)c3nc(-n4cnnc4)n[nH]3)[C@H]2C1. The van der Waals surface area contributed by atoms with Crippen molar-refractivity contribution in [3.63, 3.8) is 0 Å². The number of fused-ring (bicyclic) bond motifs is 1. The molecule has 4 rings (SSSR count). The van der Waals surface area contributed by atoms with E-state index in [1.807, 2.05) is 6.92 Å². The lowest BCUT2D eigenvalue weighted by Crippen LogP contribution is -2.64. The standard InChI is InChI=1S/C17H24N8O3/c1-2-13(27)23-7-5-17(9-26)4-3-6-25(12(17)8-23)15(28)14-20-16(22-21-14)24-10-18-19-11-24/h10-12,26H,2-9H2,1H3,(H,20,21,22)/t12-,17-/m0/s1. The minimum atomic E-state index is -0.379. The van der Waals surface area contributed by atoms with E-state index in [1.54, 1.807) is 9.80 Å². The van der Waals surface area contributed by atoms with Crippen molar-refractivity contribution < 1.29 is 14.7 Å². The molecule has 0 saturated carbocycles. The molecule has 2 fully saturated rings. The number of aliphatic hydroxyl groups is 1. The average molecular weight is 388 g/mol. The minimum Gasteiger partial charge on any atom is -0.396 e. The number of aromatic amines is 1. The van der Waals surface area contributed by atoms with Crippen molar-refractivity contribution in [2.24, 2.45) is 5.41 Å². The molecule has 0 spiro atoms. The summed E-state index contributed by atoms with van der Waals surface area (Å²) in [6.45, 7) is 3.44. The van der Waals surface area contributed by atoms with Gasteiger partial charge in [-0.2, -0.15) is 4.98 Å². The highest BCUT2D eigenvalue weighted by Gasteiger charge is 2.50. The Morgan fingerprint density at radius 1 is 1.29 bits per heavy atom. The molecule has 150 valence electrons. The number of hydrogen-bond donors (Lipinski definition) is 2. The van der Waals surface area contributed by atoms with Crippen LogP contribution >= 0.6 is 0 Å². The van der Waals surface area contributed by atoms with Crippen molar-refractivity contribution in [3.05, 3.63) is 18.5 Å². The normalized spacial score (nSPS) is 24.9. The molecule has 11 nitrogen and oxygen atoms in total. The van der Waals surface area contributed by atoms with Gasteiger partial charge in [-0.15, -0.1) is 15.3 Å². The molecule has 2 saturated heterocycles. The third-order valence-electron chi connectivity index (χ3n) is 5.99. The first-order chi connectivity index (χ1) is 13.6. The summed E-state index contributed by atoms with van der Waals surface area (Å²) >= 11 is 0. The first-order valence-electron chi connectivity index (χ1n) is 9.55. The monoisotopic (exact) mass is 388 g/mol. The number of aromatic nitrogens is 6. The van der Waals surface area contributed by atoms with Gasteiger partial charge < -0.3 is 14.9 Å². The second-order valence-electron chi connectivity index (χ2n) is 7.43. The van der Waals surface area contributed by atoms with Crippen LogP contribution in [0.3, 0.4) is 0 Å². The van der Waals surface area contributed by atoms with Crippen LogP contribution in [0.5, 0.6) is 0 Å². The summed E-state index contributed by atoms with van der Waals surface area (Å²) in [6.07, 6.45) is 5.66. The average Bonchev–Trinajstić information content (AvgIpc) is 3.43. The number of nitrogens with zero attached hydrogens (tertiary/aromatic N) is 7. The Bertz CT molecular complexity index is 850. The van der Waals surface area contributed by atoms with Gasteiger partial charge in [0, 0.05) is 31.5 Å². The van der Waals surface area contributed by atoms with Gasteiger partial charge >= 0.3 is 0 Å². The Balaban J connectivity index is 1.60. The van der Waals surface area contributed by atoms with Gasteiger partial charge in [0.2, 0.25) is 11.7 Å². The van der Waals surface area contributed by atoms with Crippen molar-refractivity contribution in [2.45, 2.75) is 38.6 Å². The Morgan fingerprint density at radius 2 is 2.07 bits per heavy atom. The molecular formula is C17H24N8O3. The zero-order valence-electron chi connectivity index (χ0n) is 15.8. The van der Waals surface area contributed by atoms with Gasteiger partial charge in [-0.05, 0) is 19.3 Å². The van der Waals surface area contributed by atoms with Gasteiger partial charge in [-0.1, -0.05) is 6.92 Å². The van der Waals surface area contributed by atoms with Crippen LogP contribution in [0.15, 0.2) is 12.7 Å². The van der Waals surface area contributed by atoms with Crippen molar-refractivity contribution in [1.29, 1.82) is 0 Å². The molecule has 2 aliphatic rings. The van der Waals surface area contributed by atoms with Gasteiger partial charge in [0.15, 0.2) is 0 Å². The van der Waals surface area contributed by atoms with Crippen molar-refractivity contribution in [2.75, 3.05) is 26.2 Å². The molecular weight excluding hydrogens is 364 g/mol. The molecule has 0 aromatic carbocycles. The molecule has 2 aromatic rings. The largest absolute Gasteiger partial charge is 0.396 e. The molecule has 28 heavy (non-hydrogen) atoms. The van der Waals surface area contributed by atoms with Gasteiger partial charge in [-0.3, -0.25) is 19.3 Å². The topological polar surface area (TPSA) is 133 Å². The first kappa shape index (κ1) is 18.5. The predicted molar refractivity (Wildman–Crippen MR) is 96.4 cm³/mol. The van der Waals surface area contributed by atoms with Crippen LogP contribution in [0.25, 0.3) is 5.95 Å². The predicted octanol–water partition coefficient (Wildman–Crippen LogP) is -0.389. The smallest absolute Gasteiger partial charge is 0.291 e. The minimum absolute atomic E-state index is 0.00202. The van der Waals surface area contributed by atoms with Crippen LogP contribution in [0, 0.1) is 5.41 Å². The van der Waals surface area contributed by atoms with Crippen LogP contribution in [0.1, 0.15) is 43.2 Å². The van der Waals surface area contributed by atoms with E-state index in [-0.39, 0.29) is 41.7 Å². The Labute approximate surface area is 161 Å². The number of aliphatic hydroxyl groups excluding tert-OH is 1. The fourth-order valence-corrected chi connectivity index (χ4v) is 4.36. The highest BCUT2D eigenvalue weighted by Crippen LogP contribution is 2.42. The molecule has 2 N–H and O–H groups in total. The van der Waals surface area contributed by atoms with E-state index in [0.29, 0.717) is 32.5 Å². The second kappa shape index (κ2) is 7.30. The van der Waals surface area contributed by atoms with E-state index < -0.39 is 0 Å². The molecule has 2 amide bonds. The van der Waals surface area contributed by atoms with E-state index in [2.05, 4.69) is 25.4 Å². The van der Waals surface area contributed by atoms with Crippen LogP contribution in [0.2, 0.25) is 0 Å². The highest BCUT2D eigenvalue weighted by atomic mass is 16.3. The van der Waals surface area contributed by atoms with Gasteiger partial charge in [-0.25, -0.2) is 0 Å². The summed E-state index contributed by atoms with van der Waals surface area (Å²) in [4.78, 5) is 33.2. The Kier molecular flexibility index (Phi) is 4.84. The maximum Gasteiger partial charge on any atom is 0.291 e. The number of rotatable bonds is 4. The number of nitrogens with one attached hydrogen (secondary N) is 1. The maximum atomic E-state index is 13.2. The molecule has 2 atom stereocenters. The number of piperidine rings is 2. The van der Waals surface area contributed by atoms with Crippen molar-refractivity contribution >= 4 is 11.8 Å². The molecule has 0 bridgehead atoms. The third kappa shape index (κ3) is 3.05. The Morgan fingerprint density at radius 3 is 2.79 bits per heavy atom. The van der Waals surface area contributed by atoms with Gasteiger partial charge in [0.25, 0.3) is 11.9 Å². The molecule has 4 heterocycles. The molecule has 2 aliphatic heterocycles. The molecule has 11 heteroatoms. The third-order valence-corrected chi connectivity index (χ3v) is 5.99. The number of hydrogen-bond acceptors (Lipinski definition) is 7. The summed E-state index contributed by atoms with van der Waals surface area (Å²) in [5.41, 5.74) is -0.379. The fraction of sp³-hybridized carbons (Fsp3) is 0.647. The summed E-state index contributed by atoms with van der Waals surface area (Å²) < 4.78 is 1.50. The fourth-order valence-electron chi connectivity index (χ4n) is 4.36. The lowest BCUT2D eigenvalue weighted by Gasteiger charge is -2.54. The van der Waals surface area contributed by atoms with E-state index in [9.17, 15) is 14.7 Å². The number of likely N-dealkylation sites (tertiary alicyclic amines) is 2. The van der Waals surface area contributed by atoms with Crippen LogP contribution < -0.4 is 0 Å². The van der Waals surface area contributed by atoms with E-state index >= 15 is 0 Å². The van der Waals surface area contributed by atoms with Crippen LogP contribution in [-0.4, -0.2) is 88.9 Å². The first-order valence-corrected chi connectivity index (χ1v) is 9.55. The lowest BCUT2D eigenvalue weighted by atomic mass is 9.69. The number of amides is 2. The van der Waals surface area contributed by atoms with Crippen molar-refractivity contribution in [1.82, 2.24) is 39.7 Å². The van der Waals surface area contributed by atoms with Gasteiger partial charge in [0.1, 0.15) is 12.7 Å².